The van der Waals surface area contributed by atoms with Crippen LogP contribution in [0.2, 0.25) is 0 Å². The van der Waals surface area contributed by atoms with Crippen molar-refractivity contribution < 1.29 is 9.21 Å². The Morgan fingerprint density at radius 1 is 1.17 bits per heavy atom. The summed E-state index contributed by atoms with van der Waals surface area (Å²) in [6.07, 6.45) is 0. The molecule has 0 saturated carbocycles. The zero-order valence-electron chi connectivity index (χ0n) is 10.0. The Balaban J connectivity index is 1.96. The van der Waals surface area contributed by atoms with Crippen LogP contribution in [-0.4, -0.2) is 11.9 Å². The van der Waals surface area contributed by atoms with E-state index in [9.17, 15) is 4.79 Å². The molecule has 1 aliphatic rings. The largest absolute Gasteiger partial charge is 0.464 e. The maximum absolute atomic E-state index is 11.9. The molecule has 1 aromatic carbocycles. The molecule has 2 heterocycles. The second-order valence-corrected chi connectivity index (χ2v) is 4.46. The standard InChI is InChI=1S/C14H14N2O2/c1-9-7-8-11(18-9)13-12(15)14(17)16(13)10-5-3-2-4-6-10/h2-8,12-13H,15H2,1H3/t12-,13+/m0/s1. The molecule has 2 N–H and O–H groups in total. The summed E-state index contributed by atoms with van der Waals surface area (Å²) in [5.41, 5.74) is 6.73. The zero-order valence-corrected chi connectivity index (χ0v) is 10.0. The van der Waals surface area contributed by atoms with Gasteiger partial charge in [-0.3, -0.25) is 9.69 Å². The summed E-state index contributed by atoms with van der Waals surface area (Å²) >= 11 is 0. The van der Waals surface area contributed by atoms with Crippen molar-refractivity contribution >= 4 is 11.6 Å². The summed E-state index contributed by atoms with van der Waals surface area (Å²) < 4.78 is 5.58. The molecule has 18 heavy (non-hydrogen) atoms. The van der Waals surface area contributed by atoms with Gasteiger partial charge in [0.2, 0.25) is 5.91 Å². The molecule has 2 atom stereocenters. The van der Waals surface area contributed by atoms with Crippen LogP contribution in [0.25, 0.3) is 0 Å². The highest BCUT2D eigenvalue weighted by Gasteiger charge is 2.48. The van der Waals surface area contributed by atoms with E-state index < -0.39 is 6.04 Å². The Kier molecular flexibility index (Phi) is 2.45. The van der Waals surface area contributed by atoms with Gasteiger partial charge in [-0.15, -0.1) is 0 Å². The lowest BCUT2D eigenvalue weighted by Gasteiger charge is -2.44. The van der Waals surface area contributed by atoms with Gasteiger partial charge in [0, 0.05) is 5.69 Å². The number of aryl methyl sites for hydroxylation is 1. The van der Waals surface area contributed by atoms with E-state index >= 15 is 0 Å². The predicted octanol–water partition coefficient (Wildman–Crippen LogP) is 2.00. The molecule has 0 unspecified atom stereocenters. The average Bonchev–Trinajstić information content (AvgIpc) is 2.81. The Hall–Kier alpha value is -2.07. The lowest BCUT2D eigenvalue weighted by Crippen LogP contribution is -2.63. The summed E-state index contributed by atoms with van der Waals surface area (Å²) in [7, 11) is 0. The van der Waals surface area contributed by atoms with Crippen LogP contribution in [0.4, 0.5) is 5.69 Å². The molecule has 1 saturated heterocycles. The lowest BCUT2D eigenvalue weighted by molar-refractivity contribution is -0.126. The van der Waals surface area contributed by atoms with Crippen LogP contribution >= 0.6 is 0 Å². The monoisotopic (exact) mass is 242 g/mol. The highest BCUT2D eigenvalue weighted by molar-refractivity contribution is 6.05. The topological polar surface area (TPSA) is 59.5 Å². The highest BCUT2D eigenvalue weighted by atomic mass is 16.3. The van der Waals surface area contributed by atoms with Crippen LogP contribution in [0.15, 0.2) is 46.9 Å². The van der Waals surface area contributed by atoms with Crippen molar-refractivity contribution in [2.45, 2.75) is 19.0 Å². The fraction of sp³-hybridized carbons (Fsp3) is 0.214. The van der Waals surface area contributed by atoms with Gasteiger partial charge in [-0.05, 0) is 31.2 Å². The quantitative estimate of drug-likeness (QED) is 0.819. The normalized spacial score (nSPS) is 23.0. The van der Waals surface area contributed by atoms with Gasteiger partial charge < -0.3 is 10.2 Å². The molecular weight excluding hydrogens is 228 g/mol. The van der Waals surface area contributed by atoms with Crippen LogP contribution in [0.3, 0.4) is 0 Å². The van der Waals surface area contributed by atoms with Crippen molar-refractivity contribution in [3.8, 4) is 0 Å². The second-order valence-electron chi connectivity index (χ2n) is 4.46. The predicted molar refractivity (Wildman–Crippen MR) is 68.1 cm³/mol. The Labute approximate surface area is 105 Å². The van der Waals surface area contributed by atoms with Crippen molar-refractivity contribution in [3.63, 3.8) is 0 Å². The Morgan fingerprint density at radius 2 is 1.89 bits per heavy atom. The van der Waals surface area contributed by atoms with Crippen molar-refractivity contribution in [1.82, 2.24) is 0 Å². The molecule has 0 spiro atoms. The number of hydrogen-bond acceptors (Lipinski definition) is 3. The van der Waals surface area contributed by atoms with Gasteiger partial charge in [0.05, 0.1) is 0 Å². The molecule has 0 bridgehead atoms. The molecule has 2 aromatic rings. The summed E-state index contributed by atoms with van der Waals surface area (Å²) in [5.74, 6) is 1.49. The van der Waals surface area contributed by atoms with Gasteiger partial charge in [-0.1, -0.05) is 18.2 Å². The van der Waals surface area contributed by atoms with Crippen molar-refractivity contribution in [2.24, 2.45) is 5.73 Å². The van der Waals surface area contributed by atoms with Crippen LogP contribution in [0.1, 0.15) is 17.6 Å². The van der Waals surface area contributed by atoms with Crippen molar-refractivity contribution in [1.29, 1.82) is 0 Å². The number of amides is 1. The molecule has 1 aliphatic heterocycles. The third-order valence-electron chi connectivity index (χ3n) is 3.23. The fourth-order valence-electron chi connectivity index (χ4n) is 2.30. The molecule has 92 valence electrons. The molecule has 0 aliphatic carbocycles. The SMILES string of the molecule is Cc1ccc([C@@H]2[C@H](N)C(=O)N2c2ccccc2)o1. The fourth-order valence-corrected chi connectivity index (χ4v) is 2.30. The van der Waals surface area contributed by atoms with E-state index in [2.05, 4.69) is 0 Å². The number of hydrogen-bond donors (Lipinski definition) is 1. The summed E-state index contributed by atoms with van der Waals surface area (Å²) in [6, 6.07) is 12.5. The maximum atomic E-state index is 11.9. The van der Waals surface area contributed by atoms with E-state index in [1.54, 1.807) is 4.90 Å². The number of furan rings is 1. The van der Waals surface area contributed by atoms with E-state index in [1.807, 2.05) is 49.4 Å². The minimum atomic E-state index is -0.518. The van der Waals surface area contributed by atoms with Gasteiger partial charge in [0.25, 0.3) is 0 Å². The minimum absolute atomic E-state index is 0.0692. The third kappa shape index (κ3) is 1.54. The molecule has 4 nitrogen and oxygen atoms in total. The first-order chi connectivity index (χ1) is 8.68. The summed E-state index contributed by atoms with van der Waals surface area (Å²) in [5, 5.41) is 0. The van der Waals surface area contributed by atoms with E-state index in [1.165, 1.54) is 0 Å². The third-order valence-corrected chi connectivity index (χ3v) is 3.23. The number of nitrogens with zero attached hydrogens (tertiary/aromatic N) is 1. The lowest BCUT2D eigenvalue weighted by atomic mass is 9.92. The van der Waals surface area contributed by atoms with Crippen molar-refractivity contribution in [2.75, 3.05) is 4.90 Å². The summed E-state index contributed by atoms with van der Waals surface area (Å²) in [6.45, 7) is 1.88. The number of anilines is 1. The first kappa shape index (κ1) is 11.0. The number of benzene rings is 1. The average molecular weight is 242 g/mol. The zero-order chi connectivity index (χ0) is 12.7. The van der Waals surface area contributed by atoms with Crippen LogP contribution in [-0.2, 0) is 4.79 Å². The number of carbonyl (C=O) groups excluding carboxylic acids is 1. The molecule has 1 aromatic heterocycles. The molecule has 4 heteroatoms. The smallest absolute Gasteiger partial charge is 0.247 e. The molecule has 0 radical (unpaired) electrons. The van der Waals surface area contributed by atoms with Gasteiger partial charge in [-0.2, -0.15) is 0 Å². The van der Waals surface area contributed by atoms with E-state index in [0.29, 0.717) is 0 Å². The number of carbonyl (C=O) groups is 1. The molecular formula is C14H14N2O2. The maximum Gasteiger partial charge on any atom is 0.247 e. The van der Waals surface area contributed by atoms with E-state index in [4.69, 9.17) is 10.2 Å². The number of rotatable bonds is 2. The minimum Gasteiger partial charge on any atom is -0.464 e. The second kappa shape index (κ2) is 3.99. The highest BCUT2D eigenvalue weighted by Crippen LogP contribution is 2.38. The van der Waals surface area contributed by atoms with Crippen LogP contribution in [0, 0.1) is 6.92 Å². The van der Waals surface area contributed by atoms with Gasteiger partial charge in [0.1, 0.15) is 23.6 Å². The van der Waals surface area contributed by atoms with Crippen molar-refractivity contribution in [3.05, 3.63) is 54.0 Å². The first-order valence-electron chi connectivity index (χ1n) is 5.88. The molecule has 1 amide bonds. The van der Waals surface area contributed by atoms with Gasteiger partial charge >= 0.3 is 0 Å². The van der Waals surface area contributed by atoms with E-state index in [0.717, 1.165) is 17.2 Å². The Morgan fingerprint density at radius 3 is 2.50 bits per heavy atom. The number of nitrogens with two attached hydrogens (primary N) is 1. The Bertz CT molecular complexity index is 576. The van der Waals surface area contributed by atoms with Gasteiger partial charge in [0.15, 0.2) is 0 Å². The van der Waals surface area contributed by atoms with E-state index in [-0.39, 0.29) is 11.9 Å². The van der Waals surface area contributed by atoms with Gasteiger partial charge in [-0.25, -0.2) is 0 Å². The molecule has 3 rings (SSSR count). The summed E-state index contributed by atoms with van der Waals surface area (Å²) in [4.78, 5) is 13.6. The number of β-lactam (4-membered cyclic amide) rings is 1. The molecule has 1 fully saturated rings. The van der Waals surface area contributed by atoms with Crippen LogP contribution < -0.4 is 10.6 Å². The number of para-hydroxylation sites is 1. The first-order valence-corrected chi connectivity index (χ1v) is 5.88. The van der Waals surface area contributed by atoms with Crippen LogP contribution in [0.5, 0.6) is 0 Å².